The van der Waals surface area contributed by atoms with E-state index in [4.69, 9.17) is 9.47 Å². The Morgan fingerprint density at radius 1 is 1.07 bits per heavy atom. The summed E-state index contributed by atoms with van der Waals surface area (Å²) < 4.78 is 28.1. The van der Waals surface area contributed by atoms with Gasteiger partial charge in [-0.25, -0.2) is 9.07 Å². The zero-order valence-corrected chi connectivity index (χ0v) is 22.5. The zero-order valence-electron chi connectivity index (χ0n) is 22.5. The molecule has 1 fully saturated rings. The van der Waals surface area contributed by atoms with Crippen molar-refractivity contribution in [3.8, 4) is 11.5 Å². The largest absolute Gasteiger partial charge is 0.493 e. The van der Waals surface area contributed by atoms with Crippen LogP contribution in [-0.4, -0.2) is 46.6 Å². The fourth-order valence-corrected chi connectivity index (χ4v) is 5.20. The number of nitrogens with one attached hydrogen (secondary N) is 1. The minimum absolute atomic E-state index is 0.0172. The summed E-state index contributed by atoms with van der Waals surface area (Å²) in [6.07, 6.45) is 3.73. The Morgan fingerprint density at radius 2 is 1.82 bits per heavy atom. The summed E-state index contributed by atoms with van der Waals surface area (Å²) in [6, 6.07) is 17.0. The van der Waals surface area contributed by atoms with Crippen molar-refractivity contribution < 1.29 is 23.5 Å². The smallest absolute Gasteiger partial charge is 0.249 e. The molecule has 2 amide bonds. The van der Waals surface area contributed by atoms with Gasteiger partial charge in [-0.1, -0.05) is 48.4 Å². The standard InChI is InChI=1S/C30H32FN5O4/c1-3-40-26-17-16-20(18-27(26)39-2)29(30(38)32-21-10-4-5-11-21)36(24-14-8-6-12-22(24)31)28(37)19-35-25-15-9-7-13-23(25)33-34-35/h6-9,12-18,21,29H,3-5,10-11,19H2,1-2H3,(H,32,38). The van der Waals surface area contributed by atoms with Crippen molar-refractivity contribution >= 4 is 28.5 Å². The Hall–Kier alpha value is -4.47. The number of carbonyl (C=O) groups is 2. The first-order valence-corrected chi connectivity index (χ1v) is 13.5. The van der Waals surface area contributed by atoms with Crippen LogP contribution in [0.3, 0.4) is 0 Å². The molecule has 0 radical (unpaired) electrons. The molecule has 0 bridgehead atoms. The SMILES string of the molecule is CCOc1ccc(C(C(=O)NC2CCCC2)N(C(=O)Cn2nnc3ccccc32)c2ccccc2F)cc1OC. The number of methoxy groups -OCH3 is 1. The molecule has 0 saturated heterocycles. The van der Waals surface area contributed by atoms with Gasteiger partial charge in [-0.15, -0.1) is 5.10 Å². The van der Waals surface area contributed by atoms with E-state index in [0.29, 0.717) is 34.7 Å². The van der Waals surface area contributed by atoms with Gasteiger partial charge in [0.25, 0.3) is 0 Å². The number of ether oxygens (including phenoxy) is 2. The number of nitrogens with zero attached hydrogens (tertiary/aromatic N) is 4. The number of rotatable bonds is 10. The molecule has 5 rings (SSSR count). The maximum atomic E-state index is 15.4. The van der Waals surface area contributed by atoms with Gasteiger partial charge in [0, 0.05) is 6.04 Å². The van der Waals surface area contributed by atoms with Crippen LogP contribution < -0.4 is 19.7 Å². The van der Waals surface area contributed by atoms with Crippen LogP contribution in [-0.2, 0) is 16.1 Å². The Bertz CT molecular complexity index is 1500. The second-order valence-electron chi connectivity index (χ2n) is 9.69. The first-order chi connectivity index (χ1) is 19.5. The van der Waals surface area contributed by atoms with Crippen LogP contribution in [0, 0.1) is 5.82 Å². The van der Waals surface area contributed by atoms with E-state index >= 15 is 4.39 Å². The number of halogens is 1. The third-order valence-corrected chi connectivity index (χ3v) is 7.10. The minimum atomic E-state index is -1.19. The Labute approximate surface area is 231 Å². The summed E-state index contributed by atoms with van der Waals surface area (Å²) in [4.78, 5) is 29.4. The number of hydrogen-bond acceptors (Lipinski definition) is 6. The molecular formula is C30H32FN5O4. The maximum Gasteiger partial charge on any atom is 0.249 e. The van der Waals surface area contributed by atoms with Crippen LogP contribution in [0.4, 0.5) is 10.1 Å². The normalized spacial score (nSPS) is 14.2. The van der Waals surface area contributed by atoms with E-state index in [9.17, 15) is 9.59 Å². The average Bonchev–Trinajstić information content (AvgIpc) is 3.63. The molecule has 1 aliphatic carbocycles. The molecule has 3 aromatic carbocycles. The number of amides is 2. The van der Waals surface area contributed by atoms with Gasteiger partial charge >= 0.3 is 0 Å². The second-order valence-corrected chi connectivity index (χ2v) is 9.69. The molecule has 0 aliphatic heterocycles. The van der Waals surface area contributed by atoms with Crippen molar-refractivity contribution in [1.82, 2.24) is 20.3 Å². The molecule has 1 aliphatic rings. The molecule has 1 unspecified atom stereocenters. The molecule has 40 heavy (non-hydrogen) atoms. The second kappa shape index (κ2) is 12.1. The van der Waals surface area contributed by atoms with E-state index in [1.807, 2.05) is 19.1 Å². The van der Waals surface area contributed by atoms with Crippen LogP contribution in [0.25, 0.3) is 11.0 Å². The van der Waals surface area contributed by atoms with Crippen LogP contribution >= 0.6 is 0 Å². The summed E-state index contributed by atoms with van der Waals surface area (Å²) in [5.74, 6) is -0.656. The predicted molar refractivity (Wildman–Crippen MR) is 149 cm³/mol. The Kier molecular flexibility index (Phi) is 8.23. The van der Waals surface area contributed by atoms with Gasteiger partial charge in [-0.05, 0) is 61.7 Å². The summed E-state index contributed by atoms with van der Waals surface area (Å²) in [5.41, 5.74) is 1.71. The highest BCUT2D eigenvalue weighted by molar-refractivity contribution is 6.01. The molecule has 1 aromatic heterocycles. The molecule has 208 valence electrons. The van der Waals surface area contributed by atoms with Gasteiger partial charge in [0.1, 0.15) is 23.9 Å². The van der Waals surface area contributed by atoms with Gasteiger partial charge in [0.15, 0.2) is 11.5 Å². The Morgan fingerprint density at radius 3 is 2.58 bits per heavy atom. The van der Waals surface area contributed by atoms with Crippen molar-refractivity contribution in [1.29, 1.82) is 0 Å². The average molecular weight is 546 g/mol. The van der Waals surface area contributed by atoms with Gasteiger partial charge in [0.2, 0.25) is 11.8 Å². The molecule has 4 aromatic rings. The highest BCUT2D eigenvalue weighted by Gasteiger charge is 2.36. The van der Waals surface area contributed by atoms with Gasteiger partial charge in [0.05, 0.1) is 24.9 Å². The molecular weight excluding hydrogens is 513 g/mol. The topological polar surface area (TPSA) is 98.6 Å². The van der Waals surface area contributed by atoms with Crippen molar-refractivity contribution in [2.45, 2.75) is 51.2 Å². The highest BCUT2D eigenvalue weighted by atomic mass is 19.1. The number of para-hydroxylation sites is 2. The van der Waals surface area contributed by atoms with Crippen molar-refractivity contribution in [2.75, 3.05) is 18.6 Å². The predicted octanol–water partition coefficient (Wildman–Crippen LogP) is 4.81. The Balaban J connectivity index is 1.61. The van der Waals surface area contributed by atoms with E-state index in [1.54, 1.807) is 42.5 Å². The van der Waals surface area contributed by atoms with E-state index in [1.165, 1.54) is 28.8 Å². The van der Waals surface area contributed by atoms with Crippen molar-refractivity contribution in [3.05, 3.63) is 78.1 Å². The first kappa shape index (κ1) is 27.1. The summed E-state index contributed by atoms with van der Waals surface area (Å²) >= 11 is 0. The zero-order chi connectivity index (χ0) is 28.1. The van der Waals surface area contributed by atoms with Gasteiger partial charge in [-0.3, -0.25) is 14.5 Å². The molecule has 1 heterocycles. The molecule has 1 saturated carbocycles. The van der Waals surface area contributed by atoms with Crippen molar-refractivity contribution in [3.63, 3.8) is 0 Å². The molecule has 1 atom stereocenters. The quantitative estimate of drug-likeness (QED) is 0.307. The number of benzene rings is 3. The molecule has 9 nitrogen and oxygen atoms in total. The van der Waals surface area contributed by atoms with E-state index in [0.717, 1.165) is 25.7 Å². The van der Waals surface area contributed by atoms with Gasteiger partial charge < -0.3 is 14.8 Å². The van der Waals surface area contributed by atoms with Crippen LogP contribution in [0.15, 0.2) is 66.7 Å². The number of hydrogen-bond donors (Lipinski definition) is 1. The highest BCUT2D eigenvalue weighted by Crippen LogP contribution is 2.36. The first-order valence-electron chi connectivity index (χ1n) is 13.5. The number of fused-ring (bicyclic) bond motifs is 1. The lowest BCUT2D eigenvalue weighted by Crippen LogP contribution is -2.47. The molecule has 1 N–H and O–H groups in total. The lowest BCUT2D eigenvalue weighted by atomic mass is 10.0. The number of carbonyl (C=O) groups excluding carboxylic acids is 2. The van der Waals surface area contributed by atoms with Gasteiger partial charge in [-0.2, -0.15) is 0 Å². The van der Waals surface area contributed by atoms with Crippen LogP contribution in [0.2, 0.25) is 0 Å². The summed E-state index contributed by atoms with van der Waals surface area (Å²) in [7, 11) is 1.50. The van der Waals surface area contributed by atoms with Crippen molar-refractivity contribution in [2.24, 2.45) is 0 Å². The van der Waals surface area contributed by atoms with E-state index in [2.05, 4.69) is 15.6 Å². The third kappa shape index (κ3) is 5.61. The lowest BCUT2D eigenvalue weighted by molar-refractivity contribution is -0.127. The fraction of sp³-hybridized carbons (Fsp3) is 0.333. The van der Waals surface area contributed by atoms with E-state index in [-0.39, 0.29) is 18.3 Å². The fourth-order valence-electron chi connectivity index (χ4n) is 5.20. The lowest BCUT2D eigenvalue weighted by Gasteiger charge is -2.33. The van der Waals surface area contributed by atoms with E-state index < -0.39 is 23.7 Å². The number of anilines is 1. The van der Waals surface area contributed by atoms with Crippen LogP contribution in [0.1, 0.15) is 44.2 Å². The summed E-state index contributed by atoms with van der Waals surface area (Å²) in [5, 5.41) is 11.4. The number of aromatic nitrogens is 3. The third-order valence-electron chi connectivity index (χ3n) is 7.10. The van der Waals surface area contributed by atoms with Crippen LogP contribution in [0.5, 0.6) is 11.5 Å². The molecule has 10 heteroatoms. The monoisotopic (exact) mass is 545 g/mol. The summed E-state index contributed by atoms with van der Waals surface area (Å²) in [6.45, 7) is 2.03. The molecule has 0 spiro atoms. The maximum absolute atomic E-state index is 15.4. The minimum Gasteiger partial charge on any atom is -0.493 e.